The topological polar surface area (TPSA) is 98.9 Å². The van der Waals surface area contributed by atoms with E-state index in [1.165, 1.54) is 27.8 Å². The first kappa shape index (κ1) is 49.7. The highest BCUT2D eigenvalue weighted by Gasteiger charge is 2.24. The third-order valence-electron chi connectivity index (χ3n) is 16.2. The number of rotatable bonds is 6. The number of hydrogen-bond acceptors (Lipinski definition) is 5. The van der Waals surface area contributed by atoms with E-state index in [4.69, 9.17) is 19.9 Å². The van der Waals surface area contributed by atoms with Crippen LogP contribution in [0.3, 0.4) is 0 Å². The maximum Gasteiger partial charge on any atom is 0.0738 e. The molecule has 11 aromatic rings. The molecule has 5 aromatic carbocycles. The zero-order valence-corrected chi connectivity index (χ0v) is 47.4. The zero-order valence-electron chi connectivity index (χ0n) is 46.6. The Balaban J connectivity index is 1.13. The van der Waals surface area contributed by atoms with Crippen LogP contribution in [-0.2, 0) is 0 Å². The lowest BCUT2D eigenvalue weighted by Crippen LogP contribution is -1.91. The van der Waals surface area contributed by atoms with Gasteiger partial charge in [0, 0.05) is 81.4 Å². The first-order chi connectivity index (χ1) is 40.6. The lowest BCUT2D eigenvalue weighted by Gasteiger charge is -2.08. The molecule has 10 heterocycles. The second-order valence-corrected chi connectivity index (χ2v) is 23.1. The first-order valence-corrected chi connectivity index (χ1v) is 29.0. The summed E-state index contributed by atoms with van der Waals surface area (Å²) < 4.78 is 2.11. The van der Waals surface area contributed by atoms with Gasteiger partial charge < -0.3 is 15.0 Å². The molecule has 0 saturated heterocycles. The predicted octanol–water partition coefficient (Wildman–Crippen LogP) is 19.9. The Bertz CT molecular complexity index is 4870. The monoisotopic (exact) mass is 1090 g/mol. The van der Waals surface area contributed by atoms with E-state index in [0.717, 1.165) is 155 Å². The number of H-pyrrole nitrogens is 3. The number of aromatic amines is 3. The van der Waals surface area contributed by atoms with Crippen molar-refractivity contribution in [3.8, 4) is 66.8 Å². The number of benzene rings is 5. The highest BCUT2D eigenvalue weighted by Crippen LogP contribution is 2.45. The molecule has 4 aliphatic heterocycles. The summed E-state index contributed by atoms with van der Waals surface area (Å²) in [5, 5.41) is 0. The molecule has 15 rings (SSSR count). The summed E-state index contributed by atoms with van der Waals surface area (Å²) in [6.45, 7) is 10.7. The summed E-state index contributed by atoms with van der Waals surface area (Å²) in [5.41, 5.74) is 30.7. The standard InChI is InChI=1S/C75H55N7S/c1-43-6-16-48(17-7-43)69-55-28-26-53(76-55)42-54-27-29-56(77-54)70(49-18-8-44(2)9-19-49)58-34-38-65(81-58)74(64-37-33-57(69)80-64)75-66-39-35-62(82-66)72(51-22-12-46(4)13-23-51)60-31-30-59(78-60)71(50-20-10-45(3)11-21-50)61-32-36-63(79-61)73(67-40-41-68(75)83-67)52-24-14-47(5)15-25-52/h6-42,76,78,81H,1-5H3. The maximum absolute atomic E-state index is 5.81. The van der Waals surface area contributed by atoms with Crippen LogP contribution in [-0.4, -0.2) is 34.9 Å². The minimum absolute atomic E-state index is 0.805. The van der Waals surface area contributed by atoms with Gasteiger partial charge in [0.25, 0.3) is 0 Å². The quantitative estimate of drug-likeness (QED) is 0.154. The minimum Gasteiger partial charge on any atom is -0.355 e. The van der Waals surface area contributed by atoms with E-state index in [1.54, 1.807) is 11.3 Å². The van der Waals surface area contributed by atoms with E-state index in [0.29, 0.717) is 0 Å². The molecule has 3 N–H and O–H groups in total. The van der Waals surface area contributed by atoms with Crippen LogP contribution in [0.4, 0.5) is 0 Å². The van der Waals surface area contributed by atoms with Gasteiger partial charge in [0.15, 0.2) is 0 Å². The average molecular weight is 1090 g/mol. The van der Waals surface area contributed by atoms with Crippen LogP contribution >= 0.6 is 11.3 Å². The van der Waals surface area contributed by atoms with Crippen LogP contribution in [0.25, 0.3) is 158 Å². The van der Waals surface area contributed by atoms with E-state index >= 15 is 0 Å². The zero-order chi connectivity index (χ0) is 55.9. The molecule has 0 radical (unpaired) electrons. The molecule has 0 unspecified atom stereocenters. The normalized spacial score (nSPS) is 12.4. The van der Waals surface area contributed by atoms with Crippen LogP contribution in [0.2, 0.25) is 0 Å². The van der Waals surface area contributed by atoms with E-state index in [-0.39, 0.29) is 0 Å². The van der Waals surface area contributed by atoms with Crippen molar-refractivity contribution in [2.24, 2.45) is 0 Å². The molecule has 6 aromatic heterocycles. The van der Waals surface area contributed by atoms with Crippen molar-refractivity contribution in [1.29, 1.82) is 0 Å². The number of aryl methyl sites for hydroxylation is 5. The van der Waals surface area contributed by atoms with Gasteiger partial charge in [-0.3, -0.25) is 0 Å². The van der Waals surface area contributed by atoms with Gasteiger partial charge in [0.2, 0.25) is 0 Å². The first-order valence-electron chi connectivity index (χ1n) is 28.2. The fourth-order valence-electron chi connectivity index (χ4n) is 11.9. The summed E-state index contributed by atoms with van der Waals surface area (Å²) in [6, 6.07) is 63.6. The van der Waals surface area contributed by atoms with Crippen LogP contribution in [0.1, 0.15) is 73.4 Å². The van der Waals surface area contributed by atoms with Gasteiger partial charge in [-0.2, -0.15) is 0 Å². The Labute approximate surface area is 485 Å². The van der Waals surface area contributed by atoms with Crippen molar-refractivity contribution in [3.05, 3.63) is 249 Å². The van der Waals surface area contributed by atoms with Crippen molar-refractivity contribution in [2.45, 2.75) is 34.6 Å². The largest absolute Gasteiger partial charge is 0.355 e. The van der Waals surface area contributed by atoms with Gasteiger partial charge in [-0.1, -0.05) is 149 Å². The van der Waals surface area contributed by atoms with Crippen LogP contribution in [0.5, 0.6) is 0 Å². The van der Waals surface area contributed by atoms with Gasteiger partial charge in [0.1, 0.15) is 0 Å². The van der Waals surface area contributed by atoms with E-state index in [2.05, 4.69) is 274 Å². The summed E-state index contributed by atoms with van der Waals surface area (Å²) in [7, 11) is 0. The summed E-state index contributed by atoms with van der Waals surface area (Å²) in [6.07, 6.45) is 17.3. The SMILES string of the molecule is Cc1ccc(-c2c3nc(c(-c4c5nc(c(-c6ccc(C)cc6)c6ccc([nH]6)c(-c6ccc(C)cc6)c6nc(c(-c7ccc(C)cc7)c7ccc4s7)C=C6)C=C5)c4ccc([nH]4)c(-c4ccc(C)cc4)c4nc(cc5ccc2[nH]5)C=C4)C=C3)cc1. The molecule has 0 saturated carbocycles. The number of aromatic nitrogens is 7. The van der Waals surface area contributed by atoms with Crippen molar-refractivity contribution in [3.63, 3.8) is 0 Å². The lowest BCUT2D eigenvalue weighted by molar-refractivity contribution is 1.30. The highest BCUT2D eigenvalue weighted by atomic mass is 32.1. The molecule has 396 valence electrons. The maximum atomic E-state index is 5.81. The molecular weight excluding hydrogens is 1030 g/mol. The molecule has 8 heteroatoms. The predicted molar refractivity (Wildman–Crippen MR) is 351 cm³/mol. The number of fused-ring (bicyclic) bond motifs is 16. The lowest BCUT2D eigenvalue weighted by atomic mass is 10.0. The number of nitrogens with one attached hydrogen (secondary N) is 3. The summed E-state index contributed by atoms with van der Waals surface area (Å²) in [5.74, 6) is 0. The molecule has 0 amide bonds. The molecule has 0 aliphatic carbocycles. The fraction of sp³-hybridized carbons (Fsp3) is 0.0667. The number of thiophene rings is 1. The molecule has 4 aliphatic rings. The smallest absolute Gasteiger partial charge is 0.0738 e. The second-order valence-electron chi connectivity index (χ2n) is 22.1. The molecule has 83 heavy (non-hydrogen) atoms. The van der Waals surface area contributed by atoms with Crippen molar-refractivity contribution in [1.82, 2.24) is 34.9 Å². The molecule has 16 bridgehead atoms. The van der Waals surface area contributed by atoms with E-state index in [1.807, 2.05) is 0 Å². The number of hydrogen-bond donors (Lipinski definition) is 3. The van der Waals surface area contributed by atoms with Gasteiger partial charge >= 0.3 is 0 Å². The molecular formula is C75H55N7S. The van der Waals surface area contributed by atoms with Crippen molar-refractivity contribution >= 4 is 102 Å². The van der Waals surface area contributed by atoms with Crippen LogP contribution < -0.4 is 0 Å². The molecule has 7 nitrogen and oxygen atoms in total. The second kappa shape index (κ2) is 20.1. The summed E-state index contributed by atoms with van der Waals surface area (Å²) >= 11 is 1.75. The van der Waals surface area contributed by atoms with Gasteiger partial charge in [-0.15, -0.1) is 11.3 Å². The Kier molecular flexibility index (Phi) is 12.0. The Morgan fingerprint density at radius 3 is 0.952 bits per heavy atom. The Hall–Kier alpha value is -10.3. The number of nitrogens with zero attached hydrogens (tertiary/aromatic N) is 4. The molecule has 0 spiro atoms. The van der Waals surface area contributed by atoms with Gasteiger partial charge in [-0.25, -0.2) is 19.9 Å². The van der Waals surface area contributed by atoms with E-state index < -0.39 is 0 Å². The third kappa shape index (κ3) is 9.10. The average Bonchev–Trinajstić information content (AvgIpc) is 4.43. The highest BCUT2D eigenvalue weighted by molar-refractivity contribution is 7.24. The minimum atomic E-state index is 0.805. The molecule has 0 fully saturated rings. The summed E-state index contributed by atoms with van der Waals surface area (Å²) in [4.78, 5) is 34.2. The van der Waals surface area contributed by atoms with Crippen LogP contribution in [0, 0.1) is 34.6 Å². The Morgan fingerprint density at radius 1 is 0.253 bits per heavy atom. The van der Waals surface area contributed by atoms with Gasteiger partial charge in [-0.05, 0) is 166 Å². The van der Waals surface area contributed by atoms with Gasteiger partial charge in [0.05, 0.1) is 45.6 Å². The van der Waals surface area contributed by atoms with Crippen molar-refractivity contribution in [2.75, 3.05) is 0 Å². The fourth-order valence-corrected chi connectivity index (χ4v) is 13.0. The van der Waals surface area contributed by atoms with Crippen molar-refractivity contribution < 1.29 is 0 Å². The Morgan fingerprint density at radius 2 is 0.542 bits per heavy atom. The molecule has 0 atom stereocenters. The van der Waals surface area contributed by atoms with E-state index in [9.17, 15) is 0 Å². The van der Waals surface area contributed by atoms with Crippen LogP contribution in [0.15, 0.2) is 176 Å². The third-order valence-corrected chi connectivity index (χ3v) is 17.3.